The predicted octanol–water partition coefficient (Wildman–Crippen LogP) is 3.22. The van der Waals surface area contributed by atoms with Crippen molar-refractivity contribution in [3.8, 4) is 0 Å². The quantitative estimate of drug-likeness (QED) is 0.332. The van der Waals surface area contributed by atoms with Gasteiger partial charge < -0.3 is 37.9 Å². The molecule has 1 saturated heterocycles. The minimum atomic E-state index is -0.655. The summed E-state index contributed by atoms with van der Waals surface area (Å²) < 4.78 is 47.2. The third kappa shape index (κ3) is 8.93. The lowest BCUT2D eigenvalue weighted by atomic mass is 9.98. The molecule has 2 aromatic rings. The fourth-order valence-corrected chi connectivity index (χ4v) is 3.91. The Morgan fingerprint density at radius 3 is 1.77 bits per heavy atom. The molecule has 1 heterocycles. The van der Waals surface area contributed by atoms with Crippen LogP contribution in [0, 0.1) is 0 Å². The van der Waals surface area contributed by atoms with E-state index in [1.807, 2.05) is 60.7 Å². The Balaban J connectivity index is 1.80. The first-order chi connectivity index (χ1) is 17.3. The number of benzene rings is 2. The lowest BCUT2D eigenvalue weighted by Gasteiger charge is -2.45. The van der Waals surface area contributed by atoms with Gasteiger partial charge >= 0.3 is 0 Å². The summed E-state index contributed by atoms with van der Waals surface area (Å²) in [5, 5.41) is 0. The summed E-state index contributed by atoms with van der Waals surface area (Å²) in [4.78, 5) is 0. The molecule has 2 aromatic carbocycles. The van der Waals surface area contributed by atoms with Gasteiger partial charge in [-0.15, -0.1) is 0 Å². The maximum Gasteiger partial charge on any atom is 0.186 e. The molecule has 0 aromatic heterocycles. The molecule has 1 aliphatic heterocycles. The summed E-state index contributed by atoms with van der Waals surface area (Å²) in [6.45, 7) is 2.86. The Hall–Kier alpha value is -1.88. The van der Waals surface area contributed by atoms with Crippen molar-refractivity contribution in [1.82, 2.24) is 0 Å². The van der Waals surface area contributed by atoms with E-state index in [1.54, 1.807) is 21.3 Å². The summed E-state index contributed by atoms with van der Waals surface area (Å²) in [7, 11) is 4.88. The van der Waals surface area contributed by atoms with Crippen LogP contribution in [0.5, 0.6) is 0 Å². The van der Waals surface area contributed by atoms with Crippen molar-refractivity contribution < 1.29 is 37.9 Å². The van der Waals surface area contributed by atoms with Gasteiger partial charge in [-0.2, -0.15) is 0 Å². The van der Waals surface area contributed by atoms with Gasteiger partial charge in [-0.3, -0.25) is 0 Å². The largest absolute Gasteiger partial charge is 0.382 e. The molecule has 0 radical (unpaired) electrons. The van der Waals surface area contributed by atoms with Gasteiger partial charge in [0.15, 0.2) is 6.29 Å². The molecule has 8 nitrogen and oxygen atoms in total. The molecule has 0 spiro atoms. The fourth-order valence-electron chi connectivity index (χ4n) is 3.91. The second-order valence-electron chi connectivity index (χ2n) is 8.20. The van der Waals surface area contributed by atoms with Gasteiger partial charge in [0.1, 0.15) is 24.4 Å². The fraction of sp³-hybridized carbons (Fsp3) is 0.556. The maximum absolute atomic E-state index is 6.47. The van der Waals surface area contributed by atoms with E-state index in [2.05, 4.69) is 0 Å². The van der Waals surface area contributed by atoms with Crippen molar-refractivity contribution in [2.45, 2.75) is 43.9 Å². The zero-order valence-corrected chi connectivity index (χ0v) is 20.9. The Labute approximate surface area is 208 Å². The van der Waals surface area contributed by atoms with Crippen LogP contribution < -0.4 is 0 Å². The third-order valence-electron chi connectivity index (χ3n) is 5.71. The van der Waals surface area contributed by atoms with Gasteiger partial charge in [-0.25, -0.2) is 0 Å². The second-order valence-corrected chi connectivity index (χ2v) is 8.20. The normalized spacial score (nSPS) is 24.5. The first kappa shape index (κ1) is 27.7. The van der Waals surface area contributed by atoms with E-state index in [9.17, 15) is 0 Å². The van der Waals surface area contributed by atoms with E-state index in [0.717, 1.165) is 11.1 Å². The monoisotopic (exact) mass is 490 g/mol. The molecule has 8 heteroatoms. The highest BCUT2D eigenvalue weighted by atomic mass is 16.7. The highest BCUT2D eigenvalue weighted by molar-refractivity contribution is 5.14. The molecule has 5 atom stereocenters. The number of methoxy groups -OCH3 is 3. The molecule has 0 unspecified atom stereocenters. The van der Waals surface area contributed by atoms with Crippen LogP contribution in [0.4, 0.5) is 0 Å². The van der Waals surface area contributed by atoms with Crippen LogP contribution in [0.3, 0.4) is 0 Å². The van der Waals surface area contributed by atoms with Gasteiger partial charge in [0, 0.05) is 21.3 Å². The molecule has 35 heavy (non-hydrogen) atoms. The minimum Gasteiger partial charge on any atom is -0.382 e. The SMILES string of the molecule is COCCOC[C@H]1O[C@H](OC)[C@H](OCc2ccccc2)[C@@H](OCc2ccccc2)[C@@H]1OCCOC. The van der Waals surface area contributed by atoms with E-state index >= 15 is 0 Å². The second kappa shape index (κ2) is 16.0. The molecular formula is C27H38O8. The highest BCUT2D eigenvalue weighted by Crippen LogP contribution is 2.30. The summed E-state index contributed by atoms with van der Waals surface area (Å²) in [6.07, 6.45) is -2.52. The van der Waals surface area contributed by atoms with Crippen molar-refractivity contribution in [3.63, 3.8) is 0 Å². The molecule has 0 bridgehead atoms. The smallest absolute Gasteiger partial charge is 0.186 e. The molecule has 194 valence electrons. The van der Waals surface area contributed by atoms with E-state index < -0.39 is 30.7 Å². The molecule has 1 aliphatic rings. The standard InChI is InChI=1S/C27H38O8/c1-28-14-16-31-20-23-24(32-17-15-29-2)25(33-18-21-10-6-4-7-11-21)26(27(30-3)35-23)34-19-22-12-8-5-9-13-22/h4-13,23-27H,14-20H2,1-3H3/t23-,24-,25+,26-,27+/m1/s1. The van der Waals surface area contributed by atoms with Crippen molar-refractivity contribution in [3.05, 3.63) is 71.8 Å². The van der Waals surface area contributed by atoms with Crippen LogP contribution in [0.2, 0.25) is 0 Å². The van der Waals surface area contributed by atoms with Gasteiger partial charge in [0.25, 0.3) is 0 Å². The molecule has 0 aliphatic carbocycles. The van der Waals surface area contributed by atoms with Crippen LogP contribution in [0.25, 0.3) is 0 Å². The van der Waals surface area contributed by atoms with E-state index in [-0.39, 0.29) is 0 Å². The van der Waals surface area contributed by atoms with Crippen LogP contribution in [0.15, 0.2) is 60.7 Å². The molecule has 0 N–H and O–H groups in total. The predicted molar refractivity (Wildman–Crippen MR) is 130 cm³/mol. The molecule has 0 amide bonds. The van der Waals surface area contributed by atoms with E-state index in [4.69, 9.17) is 37.9 Å². The number of hydrogen-bond donors (Lipinski definition) is 0. The van der Waals surface area contributed by atoms with Crippen LogP contribution in [-0.4, -0.2) is 85.1 Å². The van der Waals surface area contributed by atoms with Crippen molar-refractivity contribution in [1.29, 1.82) is 0 Å². The van der Waals surface area contributed by atoms with Crippen molar-refractivity contribution in [2.75, 3.05) is 54.4 Å². The average Bonchev–Trinajstić information content (AvgIpc) is 2.90. The highest BCUT2D eigenvalue weighted by Gasteiger charge is 2.48. The number of hydrogen-bond acceptors (Lipinski definition) is 8. The number of rotatable bonds is 16. The Morgan fingerprint density at radius 1 is 0.629 bits per heavy atom. The molecule has 0 saturated carbocycles. The van der Waals surface area contributed by atoms with Crippen LogP contribution in [-0.2, 0) is 51.1 Å². The Morgan fingerprint density at radius 2 is 1.20 bits per heavy atom. The lowest BCUT2D eigenvalue weighted by Crippen LogP contribution is -2.61. The zero-order chi connectivity index (χ0) is 24.7. The molecular weight excluding hydrogens is 452 g/mol. The maximum atomic E-state index is 6.47. The van der Waals surface area contributed by atoms with Crippen molar-refractivity contribution >= 4 is 0 Å². The van der Waals surface area contributed by atoms with Crippen LogP contribution >= 0.6 is 0 Å². The Kier molecular flexibility index (Phi) is 12.6. The first-order valence-electron chi connectivity index (χ1n) is 11.9. The first-order valence-corrected chi connectivity index (χ1v) is 11.9. The summed E-state index contributed by atoms with van der Waals surface area (Å²) in [5.74, 6) is 0. The van der Waals surface area contributed by atoms with Gasteiger partial charge in [0.05, 0.1) is 46.2 Å². The Bertz CT molecular complexity index is 790. The molecule has 1 fully saturated rings. The third-order valence-corrected chi connectivity index (χ3v) is 5.71. The van der Waals surface area contributed by atoms with Crippen molar-refractivity contribution in [2.24, 2.45) is 0 Å². The van der Waals surface area contributed by atoms with E-state index in [1.165, 1.54) is 0 Å². The van der Waals surface area contributed by atoms with Gasteiger partial charge in [-0.1, -0.05) is 60.7 Å². The summed E-state index contributed by atoms with van der Waals surface area (Å²) >= 11 is 0. The van der Waals surface area contributed by atoms with Gasteiger partial charge in [-0.05, 0) is 11.1 Å². The van der Waals surface area contributed by atoms with Gasteiger partial charge in [0.2, 0.25) is 0 Å². The average molecular weight is 491 g/mol. The number of ether oxygens (including phenoxy) is 8. The van der Waals surface area contributed by atoms with Crippen LogP contribution in [0.1, 0.15) is 11.1 Å². The molecule has 3 rings (SSSR count). The minimum absolute atomic E-state index is 0.303. The summed E-state index contributed by atoms with van der Waals surface area (Å²) in [5.41, 5.74) is 2.10. The summed E-state index contributed by atoms with van der Waals surface area (Å²) in [6, 6.07) is 20.0. The zero-order valence-electron chi connectivity index (χ0n) is 20.9. The van der Waals surface area contributed by atoms with E-state index in [0.29, 0.717) is 46.2 Å². The topological polar surface area (TPSA) is 73.8 Å². The lowest BCUT2D eigenvalue weighted by molar-refractivity contribution is -0.322.